The van der Waals surface area contributed by atoms with Crippen molar-refractivity contribution in [2.45, 2.75) is 20.0 Å². The Morgan fingerprint density at radius 2 is 2.19 bits per heavy atom. The number of ether oxygens (including phenoxy) is 1. The molecule has 0 saturated heterocycles. The fourth-order valence-electron chi connectivity index (χ4n) is 1.49. The van der Waals surface area contributed by atoms with Crippen LogP contribution >= 0.6 is 11.3 Å². The highest BCUT2D eigenvalue weighted by atomic mass is 32.1. The molecule has 2 aromatic rings. The lowest BCUT2D eigenvalue weighted by Crippen LogP contribution is -1.98. The zero-order valence-electron chi connectivity index (χ0n) is 9.27. The van der Waals surface area contributed by atoms with Gasteiger partial charge in [0, 0.05) is 4.88 Å². The van der Waals surface area contributed by atoms with E-state index in [0.29, 0.717) is 6.61 Å². The third kappa shape index (κ3) is 2.55. The molecule has 84 valence electrons. The normalized spacial score (nSPS) is 10.3. The molecule has 0 aliphatic carbocycles. The number of nitrogen functional groups attached to an aromatic ring is 1. The molecule has 1 heterocycles. The number of nitrogens with two attached hydrogens (primary N) is 1. The van der Waals surface area contributed by atoms with Crippen molar-refractivity contribution in [1.82, 2.24) is 0 Å². The third-order valence-corrected chi connectivity index (χ3v) is 3.28. The van der Waals surface area contributed by atoms with Gasteiger partial charge in [-0.25, -0.2) is 0 Å². The van der Waals surface area contributed by atoms with Crippen molar-refractivity contribution in [1.29, 1.82) is 0 Å². The first-order valence-corrected chi connectivity index (χ1v) is 6.21. The van der Waals surface area contributed by atoms with Crippen molar-refractivity contribution in [3.63, 3.8) is 0 Å². The second kappa shape index (κ2) is 5.03. The number of aryl methyl sites for hydroxylation is 1. The average molecular weight is 233 g/mol. The van der Waals surface area contributed by atoms with Crippen LogP contribution in [-0.2, 0) is 13.0 Å². The van der Waals surface area contributed by atoms with E-state index >= 15 is 0 Å². The molecule has 2 nitrogen and oxygen atoms in total. The van der Waals surface area contributed by atoms with Gasteiger partial charge in [0.15, 0.2) is 0 Å². The zero-order valence-corrected chi connectivity index (χ0v) is 10.1. The molecule has 0 bridgehead atoms. The van der Waals surface area contributed by atoms with Crippen LogP contribution in [0.15, 0.2) is 35.7 Å². The summed E-state index contributed by atoms with van der Waals surface area (Å²) < 4.78 is 5.67. The summed E-state index contributed by atoms with van der Waals surface area (Å²) >= 11 is 1.69. The lowest BCUT2D eigenvalue weighted by Gasteiger charge is -2.08. The minimum atomic E-state index is 0.591. The van der Waals surface area contributed by atoms with Crippen molar-refractivity contribution >= 4 is 17.0 Å². The molecular formula is C13H15NOS. The Labute approximate surface area is 99.7 Å². The van der Waals surface area contributed by atoms with Gasteiger partial charge >= 0.3 is 0 Å². The van der Waals surface area contributed by atoms with Crippen LogP contribution in [0.1, 0.15) is 17.4 Å². The summed E-state index contributed by atoms with van der Waals surface area (Å²) in [6, 6.07) is 10.1. The number of thiophene rings is 1. The van der Waals surface area contributed by atoms with E-state index in [-0.39, 0.29) is 0 Å². The molecule has 2 rings (SSSR count). The molecular weight excluding hydrogens is 218 g/mol. The van der Waals surface area contributed by atoms with Gasteiger partial charge in [-0.3, -0.25) is 0 Å². The molecule has 0 saturated carbocycles. The van der Waals surface area contributed by atoms with E-state index in [9.17, 15) is 0 Å². The van der Waals surface area contributed by atoms with Gasteiger partial charge in [0.25, 0.3) is 0 Å². The predicted octanol–water partition coefficient (Wildman–Crippen LogP) is 3.47. The number of rotatable bonds is 4. The van der Waals surface area contributed by atoms with Crippen LogP contribution in [0.3, 0.4) is 0 Å². The second-order valence-corrected chi connectivity index (χ2v) is 4.63. The minimum Gasteiger partial charge on any atom is -0.486 e. The van der Waals surface area contributed by atoms with Gasteiger partial charge in [-0.15, -0.1) is 11.3 Å². The second-order valence-electron chi connectivity index (χ2n) is 3.59. The number of anilines is 1. The Hall–Kier alpha value is -1.48. The van der Waals surface area contributed by atoms with E-state index in [0.717, 1.165) is 17.9 Å². The maximum absolute atomic E-state index is 5.91. The van der Waals surface area contributed by atoms with Crippen LogP contribution in [0.4, 0.5) is 5.69 Å². The average Bonchev–Trinajstić information content (AvgIpc) is 2.80. The van der Waals surface area contributed by atoms with Crippen LogP contribution < -0.4 is 10.5 Å². The summed E-state index contributed by atoms with van der Waals surface area (Å²) in [4.78, 5) is 1.21. The minimum absolute atomic E-state index is 0.591. The number of hydrogen-bond acceptors (Lipinski definition) is 3. The van der Waals surface area contributed by atoms with Crippen molar-refractivity contribution < 1.29 is 4.74 Å². The molecule has 0 amide bonds. The first kappa shape index (κ1) is 11.0. The summed E-state index contributed by atoms with van der Waals surface area (Å²) in [5, 5.41) is 2.04. The van der Waals surface area contributed by atoms with Crippen molar-refractivity contribution in [3.05, 3.63) is 46.2 Å². The highest BCUT2D eigenvalue weighted by Gasteiger charge is 2.02. The molecule has 0 unspecified atom stereocenters. The van der Waals surface area contributed by atoms with E-state index in [1.54, 1.807) is 11.3 Å². The van der Waals surface area contributed by atoms with Crippen LogP contribution in [-0.4, -0.2) is 0 Å². The van der Waals surface area contributed by atoms with Gasteiger partial charge in [-0.05, 0) is 35.6 Å². The number of benzene rings is 1. The van der Waals surface area contributed by atoms with Gasteiger partial charge < -0.3 is 10.5 Å². The molecule has 0 radical (unpaired) electrons. The van der Waals surface area contributed by atoms with Crippen molar-refractivity contribution in [2.75, 3.05) is 5.73 Å². The van der Waals surface area contributed by atoms with Gasteiger partial charge in [0.1, 0.15) is 12.4 Å². The van der Waals surface area contributed by atoms with Crippen molar-refractivity contribution in [2.24, 2.45) is 0 Å². The van der Waals surface area contributed by atoms with Gasteiger partial charge in [-0.2, -0.15) is 0 Å². The predicted molar refractivity (Wildman–Crippen MR) is 68.9 cm³/mol. The Morgan fingerprint density at radius 1 is 1.31 bits per heavy atom. The fourth-order valence-corrected chi connectivity index (χ4v) is 2.11. The smallest absolute Gasteiger partial charge is 0.142 e. The quantitative estimate of drug-likeness (QED) is 0.821. The first-order chi connectivity index (χ1) is 7.79. The Balaban J connectivity index is 2.04. The molecule has 0 spiro atoms. The molecule has 0 atom stereocenters. The van der Waals surface area contributed by atoms with E-state index in [4.69, 9.17) is 10.5 Å². The van der Waals surface area contributed by atoms with E-state index in [2.05, 4.69) is 19.1 Å². The Bertz CT molecular complexity index is 451. The van der Waals surface area contributed by atoms with Crippen LogP contribution in [0.25, 0.3) is 0 Å². The molecule has 1 aromatic heterocycles. The highest BCUT2D eigenvalue weighted by Crippen LogP contribution is 2.24. The Kier molecular flexibility index (Phi) is 3.47. The largest absolute Gasteiger partial charge is 0.486 e. The van der Waals surface area contributed by atoms with Crippen LogP contribution in [0.5, 0.6) is 5.75 Å². The molecule has 3 heteroatoms. The lowest BCUT2D eigenvalue weighted by molar-refractivity contribution is 0.311. The first-order valence-electron chi connectivity index (χ1n) is 5.33. The fraction of sp³-hybridized carbons (Fsp3) is 0.231. The molecule has 1 aromatic carbocycles. The maximum atomic E-state index is 5.91. The van der Waals surface area contributed by atoms with E-state index in [1.807, 2.05) is 23.6 Å². The summed E-state index contributed by atoms with van der Waals surface area (Å²) in [7, 11) is 0. The monoisotopic (exact) mass is 233 g/mol. The highest BCUT2D eigenvalue weighted by molar-refractivity contribution is 7.09. The lowest BCUT2D eigenvalue weighted by atomic mass is 10.1. The maximum Gasteiger partial charge on any atom is 0.142 e. The standard InChI is InChI=1S/C13H15NOS/c1-2-10-5-6-13(12(14)8-10)15-9-11-4-3-7-16-11/h3-8H,2,9,14H2,1H3. The van der Waals surface area contributed by atoms with Crippen LogP contribution in [0.2, 0.25) is 0 Å². The summed E-state index contributed by atoms with van der Waals surface area (Å²) in [5.41, 5.74) is 7.87. The topological polar surface area (TPSA) is 35.2 Å². The molecule has 0 fully saturated rings. The molecule has 0 aliphatic heterocycles. The number of hydrogen-bond donors (Lipinski definition) is 1. The molecule has 0 aliphatic rings. The zero-order chi connectivity index (χ0) is 11.4. The summed E-state index contributed by atoms with van der Waals surface area (Å²) in [5.74, 6) is 0.769. The summed E-state index contributed by atoms with van der Waals surface area (Å²) in [6.07, 6.45) is 0.995. The third-order valence-electron chi connectivity index (χ3n) is 2.43. The van der Waals surface area contributed by atoms with Gasteiger partial charge in [0.2, 0.25) is 0 Å². The van der Waals surface area contributed by atoms with Crippen LogP contribution in [0, 0.1) is 0 Å². The van der Waals surface area contributed by atoms with E-state index < -0.39 is 0 Å². The molecule has 16 heavy (non-hydrogen) atoms. The Morgan fingerprint density at radius 3 is 2.81 bits per heavy atom. The summed E-state index contributed by atoms with van der Waals surface area (Å²) in [6.45, 7) is 2.70. The van der Waals surface area contributed by atoms with Gasteiger partial charge in [-0.1, -0.05) is 19.1 Å². The van der Waals surface area contributed by atoms with E-state index in [1.165, 1.54) is 10.4 Å². The van der Waals surface area contributed by atoms with Gasteiger partial charge in [0.05, 0.1) is 5.69 Å². The van der Waals surface area contributed by atoms with Crippen molar-refractivity contribution in [3.8, 4) is 5.75 Å². The SMILES string of the molecule is CCc1ccc(OCc2cccs2)c(N)c1. The molecule has 2 N–H and O–H groups in total.